The van der Waals surface area contributed by atoms with Gasteiger partial charge >= 0.3 is 15.6 Å². The third-order valence-electron chi connectivity index (χ3n) is 4.61. The Morgan fingerprint density at radius 2 is 1.71 bits per heavy atom. The number of benzene rings is 2. The predicted molar refractivity (Wildman–Crippen MR) is 112 cm³/mol. The van der Waals surface area contributed by atoms with Crippen LogP contribution in [0, 0.1) is 5.92 Å². The second kappa shape index (κ2) is 8.35. The topological polar surface area (TPSA) is 91.4 Å². The fourth-order valence-electron chi connectivity index (χ4n) is 3.18. The summed E-state index contributed by atoms with van der Waals surface area (Å²) in [7, 11) is -5.84. The van der Waals surface area contributed by atoms with Crippen molar-refractivity contribution in [1.82, 2.24) is 4.57 Å². The van der Waals surface area contributed by atoms with E-state index >= 15 is 0 Å². The Kier molecular flexibility index (Phi) is 6.15. The van der Waals surface area contributed by atoms with Crippen LogP contribution in [-0.4, -0.2) is 18.5 Å². The Morgan fingerprint density at radius 1 is 1.06 bits per heavy atom. The van der Waals surface area contributed by atoms with Crippen molar-refractivity contribution >= 4 is 20.9 Å². The standard InChI is InChI=1S/C21H21F3N2O4S/c1-13(2)11-26-12-19(15-5-3-14(10-25)4-6-15)18-9-16(7-8-17(18)20(26)27)30-31(28,29)21(22,23)24/h3-9,12-13H,10-11,25H2,1-2H3. The molecule has 0 aliphatic heterocycles. The second-order valence-corrected chi connectivity index (χ2v) is 9.02. The molecule has 0 atom stereocenters. The number of hydrogen-bond donors (Lipinski definition) is 1. The number of hydrogen-bond acceptors (Lipinski definition) is 5. The highest BCUT2D eigenvalue weighted by atomic mass is 32.2. The van der Waals surface area contributed by atoms with Gasteiger partial charge in [0.05, 0.1) is 0 Å². The molecule has 0 saturated carbocycles. The Bertz CT molecular complexity index is 1260. The van der Waals surface area contributed by atoms with Gasteiger partial charge in [-0.1, -0.05) is 38.1 Å². The third-order valence-corrected chi connectivity index (χ3v) is 5.59. The van der Waals surface area contributed by atoms with Gasteiger partial charge in [0.15, 0.2) is 0 Å². The van der Waals surface area contributed by atoms with Crippen LogP contribution in [0.4, 0.5) is 13.2 Å². The summed E-state index contributed by atoms with van der Waals surface area (Å²) < 4.78 is 66.7. The minimum absolute atomic E-state index is 0.169. The molecular weight excluding hydrogens is 433 g/mol. The molecule has 0 unspecified atom stereocenters. The first kappa shape index (κ1) is 22.8. The number of rotatable bonds is 6. The molecule has 10 heteroatoms. The zero-order valence-corrected chi connectivity index (χ0v) is 17.6. The van der Waals surface area contributed by atoms with E-state index in [4.69, 9.17) is 5.73 Å². The summed E-state index contributed by atoms with van der Waals surface area (Å²) in [6, 6.07) is 10.6. The minimum atomic E-state index is -5.84. The van der Waals surface area contributed by atoms with Crippen LogP contribution < -0.4 is 15.5 Å². The lowest BCUT2D eigenvalue weighted by molar-refractivity contribution is -0.0500. The Hall–Kier alpha value is -2.85. The van der Waals surface area contributed by atoms with Crippen LogP contribution in [0.15, 0.2) is 53.5 Å². The van der Waals surface area contributed by atoms with E-state index in [1.165, 1.54) is 10.6 Å². The monoisotopic (exact) mass is 454 g/mol. The predicted octanol–water partition coefficient (Wildman–Crippen LogP) is 4.01. The van der Waals surface area contributed by atoms with Crippen LogP contribution in [0.25, 0.3) is 21.9 Å². The van der Waals surface area contributed by atoms with E-state index in [-0.39, 0.29) is 22.2 Å². The summed E-state index contributed by atoms with van der Waals surface area (Å²) >= 11 is 0. The molecule has 31 heavy (non-hydrogen) atoms. The summed E-state index contributed by atoms with van der Waals surface area (Å²) in [5, 5.41) is 0.512. The summed E-state index contributed by atoms with van der Waals surface area (Å²) in [4.78, 5) is 12.9. The first-order chi connectivity index (χ1) is 14.4. The Labute approximate surface area is 177 Å². The van der Waals surface area contributed by atoms with Crippen LogP contribution >= 0.6 is 0 Å². The number of nitrogens with zero attached hydrogens (tertiary/aromatic N) is 1. The molecule has 2 aromatic carbocycles. The van der Waals surface area contributed by atoms with Gasteiger partial charge in [0.25, 0.3) is 5.56 Å². The summed E-state index contributed by atoms with van der Waals surface area (Å²) in [5.41, 5.74) is 1.85. The van der Waals surface area contributed by atoms with E-state index in [0.717, 1.165) is 17.7 Å². The molecule has 6 nitrogen and oxygen atoms in total. The SMILES string of the molecule is CC(C)Cn1cc(-c2ccc(CN)cc2)c2cc(OS(=O)(=O)C(F)(F)F)ccc2c1=O. The number of fused-ring (bicyclic) bond motifs is 1. The lowest BCUT2D eigenvalue weighted by atomic mass is 9.99. The Morgan fingerprint density at radius 3 is 2.26 bits per heavy atom. The first-order valence-electron chi connectivity index (χ1n) is 9.40. The van der Waals surface area contributed by atoms with Crippen LogP contribution in [0.1, 0.15) is 19.4 Å². The molecule has 0 saturated heterocycles. The molecule has 3 rings (SSSR count). The van der Waals surface area contributed by atoms with Crippen molar-refractivity contribution in [2.75, 3.05) is 0 Å². The highest BCUT2D eigenvalue weighted by molar-refractivity contribution is 7.88. The lowest BCUT2D eigenvalue weighted by Crippen LogP contribution is -2.28. The smallest absolute Gasteiger partial charge is 0.376 e. The van der Waals surface area contributed by atoms with Crippen LogP contribution in [-0.2, 0) is 23.2 Å². The van der Waals surface area contributed by atoms with E-state index in [1.54, 1.807) is 30.5 Å². The van der Waals surface area contributed by atoms with Crippen molar-refractivity contribution in [2.24, 2.45) is 11.7 Å². The van der Waals surface area contributed by atoms with Crippen molar-refractivity contribution in [3.8, 4) is 16.9 Å². The van der Waals surface area contributed by atoms with Crippen molar-refractivity contribution in [2.45, 2.75) is 32.4 Å². The second-order valence-electron chi connectivity index (χ2n) is 7.49. The maximum atomic E-state index is 12.9. The molecule has 0 amide bonds. The van der Waals surface area contributed by atoms with Gasteiger partial charge in [-0.15, -0.1) is 0 Å². The molecule has 1 heterocycles. The summed E-state index contributed by atoms with van der Waals surface area (Å²) in [6.45, 7) is 4.67. The number of alkyl halides is 3. The number of aromatic nitrogens is 1. The number of nitrogens with two attached hydrogens (primary N) is 1. The average Bonchev–Trinajstić information content (AvgIpc) is 2.69. The molecule has 3 aromatic rings. The van der Waals surface area contributed by atoms with Crippen molar-refractivity contribution in [3.05, 3.63) is 64.6 Å². The van der Waals surface area contributed by atoms with Crippen molar-refractivity contribution in [1.29, 1.82) is 0 Å². The van der Waals surface area contributed by atoms with Crippen LogP contribution in [0.5, 0.6) is 5.75 Å². The quantitative estimate of drug-likeness (QED) is 0.449. The maximum Gasteiger partial charge on any atom is 0.534 e. The number of pyridine rings is 1. The lowest BCUT2D eigenvalue weighted by Gasteiger charge is -2.16. The average molecular weight is 454 g/mol. The van der Waals surface area contributed by atoms with E-state index in [2.05, 4.69) is 4.18 Å². The first-order valence-corrected chi connectivity index (χ1v) is 10.8. The van der Waals surface area contributed by atoms with Gasteiger partial charge in [0.2, 0.25) is 0 Å². The zero-order chi connectivity index (χ0) is 23.0. The van der Waals surface area contributed by atoms with E-state index in [1.807, 2.05) is 13.8 Å². The molecule has 0 bridgehead atoms. The van der Waals surface area contributed by atoms with Crippen LogP contribution in [0.3, 0.4) is 0 Å². The molecule has 2 N–H and O–H groups in total. The maximum absolute atomic E-state index is 12.9. The Balaban J connectivity index is 2.24. The summed E-state index contributed by atoms with van der Waals surface area (Å²) in [5.74, 6) is -0.368. The van der Waals surface area contributed by atoms with Gasteiger partial charge in [-0.05, 0) is 35.2 Å². The van der Waals surface area contributed by atoms with E-state index < -0.39 is 21.4 Å². The highest BCUT2D eigenvalue weighted by Gasteiger charge is 2.48. The van der Waals surface area contributed by atoms with Gasteiger partial charge in [-0.2, -0.15) is 21.6 Å². The molecule has 0 fully saturated rings. The minimum Gasteiger partial charge on any atom is -0.376 e. The van der Waals surface area contributed by atoms with E-state index in [9.17, 15) is 26.4 Å². The van der Waals surface area contributed by atoms with E-state index in [0.29, 0.717) is 24.2 Å². The van der Waals surface area contributed by atoms with Gasteiger partial charge < -0.3 is 14.5 Å². The van der Waals surface area contributed by atoms with Gasteiger partial charge in [-0.3, -0.25) is 4.79 Å². The third kappa shape index (κ3) is 4.75. The molecule has 0 spiro atoms. The molecule has 166 valence electrons. The number of halogens is 3. The fraction of sp³-hybridized carbons (Fsp3) is 0.286. The molecule has 1 aromatic heterocycles. The van der Waals surface area contributed by atoms with Gasteiger partial charge in [-0.25, -0.2) is 0 Å². The molecule has 0 aliphatic carbocycles. The van der Waals surface area contributed by atoms with Crippen molar-refractivity contribution in [3.63, 3.8) is 0 Å². The summed E-state index contributed by atoms with van der Waals surface area (Å²) in [6.07, 6.45) is 1.62. The molecule has 0 aliphatic rings. The molecule has 0 radical (unpaired) electrons. The largest absolute Gasteiger partial charge is 0.534 e. The normalized spacial score (nSPS) is 12.5. The highest BCUT2D eigenvalue weighted by Crippen LogP contribution is 2.32. The molecular formula is C21H21F3N2O4S. The van der Waals surface area contributed by atoms with Gasteiger partial charge in [0, 0.05) is 35.6 Å². The van der Waals surface area contributed by atoms with Crippen LogP contribution in [0.2, 0.25) is 0 Å². The zero-order valence-electron chi connectivity index (χ0n) is 16.8. The van der Waals surface area contributed by atoms with Gasteiger partial charge in [0.1, 0.15) is 5.75 Å². The fourth-order valence-corrected chi connectivity index (χ4v) is 3.63. The van der Waals surface area contributed by atoms with Crippen molar-refractivity contribution < 1.29 is 25.8 Å².